The first-order valence-electron chi connectivity index (χ1n) is 29.8. The van der Waals surface area contributed by atoms with Crippen molar-refractivity contribution in [1.29, 1.82) is 0 Å². The van der Waals surface area contributed by atoms with E-state index in [1.54, 1.807) is 28.4 Å². The van der Waals surface area contributed by atoms with Crippen LogP contribution in [0.5, 0.6) is 11.6 Å². The van der Waals surface area contributed by atoms with Crippen molar-refractivity contribution < 1.29 is 33.8 Å². The molecule has 1 saturated carbocycles. The highest BCUT2D eigenvalue weighted by molar-refractivity contribution is 7.13. The van der Waals surface area contributed by atoms with Crippen LogP contribution < -0.4 is 30.5 Å². The summed E-state index contributed by atoms with van der Waals surface area (Å²) in [4.78, 5) is 49.9. The number of aliphatic hydroxyl groups excluding tert-OH is 1. The first kappa shape index (κ1) is 55.7. The third kappa shape index (κ3) is 11.9. The zero-order valence-electron chi connectivity index (χ0n) is 47.6. The van der Waals surface area contributed by atoms with E-state index >= 15 is 0 Å². The van der Waals surface area contributed by atoms with Crippen molar-refractivity contribution in [2.75, 3.05) is 72.8 Å². The Morgan fingerprint density at radius 3 is 2.32 bits per heavy atom. The summed E-state index contributed by atoms with van der Waals surface area (Å²) in [5, 5.41) is 37.6. The number of fused-ring (bicyclic) bond motifs is 2. The number of thiazole rings is 1. The van der Waals surface area contributed by atoms with Gasteiger partial charge >= 0.3 is 0 Å². The minimum absolute atomic E-state index is 0.0859. The summed E-state index contributed by atoms with van der Waals surface area (Å²) in [7, 11) is 0. The number of rotatable bonds is 18. The van der Waals surface area contributed by atoms with E-state index in [0.717, 1.165) is 136 Å². The van der Waals surface area contributed by atoms with E-state index in [4.69, 9.17) is 19.7 Å². The van der Waals surface area contributed by atoms with Crippen molar-refractivity contribution in [3.8, 4) is 33.3 Å². The Kier molecular flexibility index (Phi) is 16.4. The summed E-state index contributed by atoms with van der Waals surface area (Å²) in [6.45, 7) is 14.6. The number of nitrogens with two attached hydrogens (primary N) is 1. The summed E-state index contributed by atoms with van der Waals surface area (Å²) < 4.78 is 19.1. The third-order valence-electron chi connectivity index (χ3n) is 18.2. The molecule has 6 aliphatic rings. The van der Waals surface area contributed by atoms with Crippen molar-refractivity contribution in [1.82, 2.24) is 40.4 Å². The number of phenolic OH excluding ortho intramolecular Hbond substituents is 1. The number of benzene rings is 2. The number of nitrogens with one attached hydrogen (secondary N) is 1. The molecule has 6 atom stereocenters. The molecule has 2 aromatic carbocycles. The maximum Gasteiger partial charge on any atom is 0.243 e. The molecule has 9 heterocycles. The zero-order chi connectivity index (χ0) is 56.6. The summed E-state index contributed by atoms with van der Waals surface area (Å²) in [5.74, 6) is 1.74. The topological polar surface area (TPSA) is 225 Å². The lowest BCUT2D eigenvalue weighted by Gasteiger charge is -2.43. The number of aliphatic hydroxyl groups is 1. The molecule has 1 aliphatic carbocycles. The Morgan fingerprint density at radius 1 is 0.854 bits per heavy atom. The molecule has 5 aliphatic heterocycles. The Hall–Kier alpha value is -6.87. The second-order valence-corrected chi connectivity index (χ2v) is 24.9. The first-order chi connectivity index (χ1) is 39.8. The SMILES string of the molecule is CC[C@@H](NC(=O)[C@@H]1C[C@@H](O)CN1C(=O)[C@@H](c1cc(N2CCC(CN3CCC(O[C@H]4C[C@H](Oc5cc(N6C7CCC6CN(c6cc(-c8ccccc8O)nnc6N)C7)ccn5)C4)CC3)CC2)no1)C(C)C)c1ccc(-c2scnc2C)cc1. The lowest BCUT2D eigenvalue weighted by Crippen LogP contribution is -2.54. The highest BCUT2D eigenvalue weighted by atomic mass is 32.1. The van der Waals surface area contributed by atoms with Crippen LogP contribution in [0.3, 0.4) is 0 Å². The Balaban J connectivity index is 0.567. The fourth-order valence-corrected chi connectivity index (χ4v) is 14.5. The molecule has 5 saturated heterocycles. The lowest BCUT2D eigenvalue weighted by atomic mass is 9.91. The fourth-order valence-electron chi connectivity index (χ4n) is 13.6. The monoisotopic (exact) mass is 1130 g/mol. The van der Waals surface area contributed by atoms with Gasteiger partial charge in [-0.15, -0.1) is 21.5 Å². The number of para-hydroxylation sites is 1. The number of anilines is 4. The molecule has 5 N–H and O–H groups in total. The number of likely N-dealkylation sites (tertiary alicyclic amines) is 2. The van der Waals surface area contributed by atoms with Gasteiger partial charge in [0.25, 0.3) is 0 Å². The average molecular weight is 1140 g/mol. The number of pyridine rings is 1. The second kappa shape index (κ2) is 24.1. The van der Waals surface area contributed by atoms with Gasteiger partial charge in [0, 0.05) is 113 Å². The standard InChI is InChI=1S/C62H78N12O7S/c1-5-50(40-10-12-41(13-11-40)59-38(4)65-36-82-59)66-61(77)53-27-45(75)35-73(53)62(78)58(37(2)3)55-31-56(69-81-55)71-24-17-39(18-25-71)32-70-22-19-46(20-23-70)79-47-28-48(29-47)80-57-26-42(16-21-64-57)74-43-14-15-44(74)34-72(33-43)52-30-51(67-68-60(52)63)49-8-6-7-9-54(49)76/h6-13,16,21,26,30-31,36-37,39,43-48,50,53,58,75-76H,5,14-15,17-20,22-25,27-29,32-35H2,1-4H3,(H2,63,68)(H,66,77)/t43?,44?,45-,47-,48-,50-,53+,58-/m1/s1. The van der Waals surface area contributed by atoms with Gasteiger partial charge in [-0.1, -0.05) is 62.3 Å². The van der Waals surface area contributed by atoms with Crippen LogP contribution in [-0.4, -0.2) is 152 Å². The summed E-state index contributed by atoms with van der Waals surface area (Å²) in [6, 6.07) is 23.0. The molecule has 6 fully saturated rings. The van der Waals surface area contributed by atoms with E-state index in [9.17, 15) is 19.8 Å². The number of aromatic nitrogens is 5. The van der Waals surface area contributed by atoms with Crippen molar-refractivity contribution in [3.05, 3.63) is 102 Å². The second-order valence-electron chi connectivity index (χ2n) is 24.0. The molecule has 0 radical (unpaired) electrons. The Labute approximate surface area is 484 Å². The van der Waals surface area contributed by atoms with Crippen molar-refractivity contribution in [3.63, 3.8) is 0 Å². The molecular formula is C62H78N12O7S. The van der Waals surface area contributed by atoms with Crippen LogP contribution in [0.4, 0.5) is 23.0 Å². The van der Waals surface area contributed by atoms with E-state index in [1.807, 2.05) is 75.8 Å². The van der Waals surface area contributed by atoms with Crippen LogP contribution in [0.15, 0.2) is 89.0 Å². The number of carbonyl (C=O) groups excluding carboxylic acids is 2. The minimum atomic E-state index is -0.803. The number of carbonyl (C=O) groups is 2. The molecule has 4 aromatic heterocycles. The van der Waals surface area contributed by atoms with E-state index in [-0.39, 0.29) is 60.8 Å². The van der Waals surface area contributed by atoms with E-state index < -0.39 is 18.1 Å². The number of ether oxygens (including phenoxy) is 2. The number of phenols is 1. The molecular weight excluding hydrogens is 1060 g/mol. The molecule has 0 spiro atoms. The molecule has 19 nitrogen and oxygen atoms in total. The zero-order valence-corrected chi connectivity index (χ0v) is 48.4. The van der Waals surface area contributed by atoms with Crippen LogP contribution in [0, 0.1) is 18.8 Å². The molecule has 12 rings (SSSR count). The third-order valence-corrected chi connectivity index (χ3v) is 19.2. The van der Waals surface area contributed by atoms with E-state index in [0.29, 0.717) is 53.1 Å². The average Bonchev–Trinajstić information content (AvgIpc) is 4.40. The molecule has 6 aromatic rings. The quantitative estimate of drug-likeness (QED) is 0.0634. The van der Waals surface area contributed by atoms with Crippen LogP contribution in [0.1, 0.15) is 114 Å². The molecule has 2 amide bonds. The van der Waals surface area contributed by atoms with Crippen LogP contribution in [-0.2, 0) is 14.3 Å². The van der Waals surface area contributed by atoms with E-state index in [1.165, 1.54) is 0 Å². The highest BCUT2D eigenvalue weighted by Gasteiger charge is 2.45. The van der Waals surface area contributed by atoms with Crippen molar-refractivity contribution in [2.45, 2.75) is 146 Å². The van der Waals surface area contributed by atoms with Crippen molar-refractivity contribution in [2.24, 2.45) is 11.8 Å². The first-order valence-corrected chi connectivity index (χ1v) is 30.7. The van der Waals surface area contributed by atoms with Gasteiger partial charge in [-0.2, -0.15) is 0 Å². The number of hydrogen-bond donors (Lipinski definition) is 4. The molecule has 82 heavy (non-hydrogen) atoms. The smallest absolute Gasteiger partial charge is 0.243 e. The number of nitrogens with zero attached hydrogens (tertiary/aromatic N) is 10. The number of nitrogen functional groups attached to an aromatic ring is 1. The van der Waals surface area contributed by atoms with Gasteiger partial charge in [-0.3, -0.25) is 9.59 Å². The summed E-state index contributed by atoms with van der Waals surface area (Å²) in [5.41, 5.74) is 14.5. The van der Waals surface area contributed by atoms with Crippen molar-refractivity contribution >= 4 is 46.2 Å². The van der Waals surface area contributed by atoms with Crippen LogP contribution in [0.2, 0.25) is 0 Å². The predicted octanol–water partition coefficient (Wildman–Crippen LogP) is 8.38. The van der Waals surface area contributed by atoms with Gasteiger partial charge in [0.1, 0.15) is 23.8 Å². The van der Waals surface area contributed by atoms with Crippen LogP contribution in [0.25, 0.3) is 21.7 Å². The normalized spacial score (nSPS) is 24.2. The number of β-amino-alcohol motifs (C(OH)–C–C–N with tert-alkyl or cyclic N) is 1. The number of hydrogen-bond acceptors (Lipinski definition) is 18. The molecule has 434 valence electrons. The molecule has 2 unspecified atom stereocenters. The van der Waals surface area contributed by atoms with Gasteiger partial charge in [-0.05, 0) is 99.1 Å². The predicted molar refractivity (Wildman–Crippen MR) is 316 cm³/mol. The van der Waals surface area contributed by atoms with Gasteiger partial charge in [0.2, 0.25) is 17.7 Å². The van der Waals surface area contributed by atoms with Gasteiger partial charge in [0.05, 0.1) is 51.8 Å². The molecule has 2 bridgehead atoms. The largest absolute Gasteiger partial charge is 0.507 e. The summed E-state index contributed by atoms with van der Waals surface area (Å²) in [6.07, 6.45) is 10.5. The molecule has 20 heteroatoms. The van der Waals surface area contributed by atoms with Crippen LogP contribution >= 0.6 is 11.3 Å². The highest BCUT2D eigenvalue weighted by Crippen LogP contribution is 2.41. The number of piperazine rings is 1. The van der Waals surface area contributed by atoms with Gasteiger partial charge in [0.15, 0.2) is 17.4 Å². The fraction of sp³-hybridized carbons (Fsp3) is 0.532. The van der Waals surface area contributed by atoms with E-state index in [2.05, 4.69) is 74.5 Å². The number of aryl methyl sites for hydroxylation is 1. The lowest BCUT2D eigenvalue weighted by molar-refractivity contribution is -0.141. The Bertz CT molecular complexity index is 3160. The summed E-state index contributed by atoms with van der Waals surface area (Å²) >= 11 is 1.61. The van der Waals surface area contributed by atoms with Gasteiger partial charge in [-0.25, -0.2) is 9.97 Å². The maximum atomic E-state index is 14.5. The Morgan fingerprint density at radius 2 is 1.61 bits per heavy atom. The number of amides is 2. The number of aromatic hydroxyl groups is 1. The number of piperidine rings is 2. The van der Waals surface area contributed by atoms with Gasteiger partial charge < -0.3 is 59.8 Å². The minimum Gasteiger partial charge on any atom is -0.507 e. The maximum absolute atomic E-state index is 14.5.